The first-order valence-electron chi connectivity index (χ1n) is 8.50. The topological polar surface area (TPSA) is 12.0 Å². The lowest BCUT2D eigenvalue weighted by atomic mass is 9.86. The molecular weight excluding hydrogens is 310 g/mol. The molecule has 4 rings (SSSR count). The van der Waals surface area contributed by atoms with Gasteiger partial charge in [-0.05, 0) is 46.2 Å². The third kappa shape index (κ3) is 2.55. The first-order chi connectivity index (χ1) is 11.4. The second kappa shape index (κ2) is 5.49. The maximum Gasteiger partial charge on any atom is 0.0535 e. The Labute approximate surface area is 148 Å². The number of thiophene rings is 1. The number of aryl methyl sites for hydroxylation is 1. The lowest BCUT2D eigenvalue weighted by molar-refractivity contribution is 0.590. The van der Waals surface area contributed by atoms with E-state index in [0.717, 1.165) is 6.42 Å². The lowest BCUT2D eigenvalue weighted by Gasteiger charge is -2.21. The molecule has 0 saturated heterocycles. The minimum atomic E-state index is 0.189. The zero-order valence-electron chi connectivity index (χ0n) is 14.7. The lowest BCUT2D eigenvalue weighted by Crippen LogP contribution is -2.11. The Balaban J connectivity index is 1.66. The van der Waals surface area contributed by atoms with E-state index in [1.807, 2.05) is 11.3 Å². The molecule has 1 aliphatic rings. The zero-order chi connectivity index (χ0) is 16.9. The van der Waals surface area contributed by atoms with Gasteiger partial charge < -0.3 is 5.32 Å². The van der Waals surface area contributed by atoms with Crippen LogP contribution in [-0.2, 0) is 11.8 Å². The van der Waals surface area contributed by atoms with Crippen LogP contribution in [0.3, 0.4) is 0 Å². The predicted octanol–water partition coefficient (Wildman–Crippen LogP) is 6.67. The molecular formula is C22H23NS. The molecule has 122 valence electrons. The van der Waals surface area contributed by atoms with Gasteiger partial charge in [-0.1, -0.05) is 57.2 Å². The van der Waals surface area contributed by atoms with Crippen molar-refractivity contribution in [1.29, 1.82) is 0 Å². The van der Waals surface area contributed by atoms with Crippen LogP contribution in [0.15, 0.2) is 47.8 Å². The van der Waals surface area contributed by atoms with Crippen LogP contribution in [0.1, 0.15) is 43.0 Å². The highest BCUT2D eigenvalue weighted by Gasteiger charge is 2.23. The summed E-state index contributed by atoms with van der Waals surface area (Å²) in [6, 6.07) is 15.5. The molecule has 1 N–H and O–H groups in total. The fourth-order valence-corrected chi connectivity index (χ4v) is 4.48. The van der Waals surface area contributed by atoms with Crippen molar-refractivity contribution in [1.82, 2.24) is 0 Å². The number of hydrogen-bond acceptors (Lipinski definition) is 2. The molecule has 0 atom stereocenters. The number of hydrogen-bond donors (Lipinski definition) is 1. The highest BCUT2D eigenvalue weighted by Crippen LogP contribution is 2.45. The number of fused-ring (bicyclic) bond motifs is 3. The first-order valence-corrected chi connectivity index (χ1v) is 9.38. The minimum Gasteiger partial charge on any atom is -0.354 e. The van der Waals surface area contributed by atoms with Gasteiger partial charge in [0.1, 0.15) is 0 Å². The highest BCUT2D eigenvalue weighted by atomic mass is 32.1. The van der Waals surface area contributed by atoms with E-state index in [0.29, 0.717) is 0 Å². The summed E-state index contributed by atoms with van der Waals surface area (Å²) < 4.78 is 0. The number of nitrogens with one attached hydrogen (secondary N) is 1. The average molecular weight is 334 g/mol. The molecule has 3 aromatic rings. The van der Waals surface area contributed by atoms with Gasteiger partial charge in [-0.2, -0.15) is 0 Å². The van der Waals surface area contributed by atoms with Crippen LogP contribution in [0.25, 0.3) is 10.4 Å². The van der Waals surface area contributed by atoms with Crippen LogP contribution in [0, 0.1) is 6.92 Å². The van der Waals surface area contributed by atoms with Crippen LogP contribution in [0.4, 0.5) is 11.4 Å². The average Bonchev–Trinajstić information content (AvgIpc) is 3.08. The molecule has 0 bridgehead atoms. The van der Waals surface area contributed by atoms with Crippen LogP contribution in [0.5, 0.6) is 0 Å². The third-order valence-corrected chi connectivity index (χ3v) is 5.94. The predicted molar refractivity (Wildman–Crippen MR) is 106 cm³/mol. The molecule has 0 fully saturated rings. The van der Waals surface area contributed by atoms with Gasteiger partial charge in [0.05, 0.1) is 5.69 Å². The number of benzene rings is 2. The summed E-state index contributed by atoms with van der Waals surface area (Å²) in [7, 11) is 0. The van der Waals surface area contributed by atoms with E-state index >= 15 is 0 Å². The van der Waals surface area contributed by atoms with E-state index in [9.17, 15) is 0 Å². The fourth-order valence-electron chi connectivity index (χ4n) is 3.39. The van der Waals surface area contributed by atoms with Crippen molar-refractivity contribution in [2.75, 3.05) is 5.32 Å². The summed E-state index contributed by atoms with van der Waals surface area (Å²) in [4.78, 5) is 1.43. The summed E-state index contributed by atoms with van der Waals surface area (Å²) in [5, 5.41) is 5.94. The Bertz CT molecular complexity index is 912. The Kier molecular flexibility index (Phi) is 3.54. The molecule has 1 nitrogen and oxygen atoms in total. The monoisotopic (exact) mass is 333 g/mol. The molecule has 0 spiro atoms. The van der Waals surface area contributed by atoms with Crippen molar-refractivity contribution in [2.45, 2.75) is 39.5 Å². The van der Waals surface area contributed by atoms with E-state index < -0.39 is 0 Å². The van der Waals surface area contributed by atoms with Gasteiger partial charge in [0, 0.05) is 22.4 Å². The fraction of sp³-hybridized carbons (Fsp3) is 0.273. The van der Waals surface area contributed by atoms with Gasteiger partial charge >= 0.3 is 0 Å². The second-order valence-electron chi connectivity index (χ2n) is 7.70. The Morgan fingerprint density at radius 3 is 2.54 bits per heavy atom. The maximum atomic E-state index is 3.68. The molecule has 24 heavy (non-hydrogen) atoms. The van der Waals surface area contributed by atoms with E-state index in [1.165, 1.54) is 44.1 Å². The summed E-state index contributed by atoms with van der Waals surface area (Å²) >= 11 is 1.85. The standard InChI is InChI=1S/C22H23NS/c1-14-11-16(22(2,3)4)9-10-19(14)23-20-13-24-21-17-8-6-5-7-15(17)12-18(20)21/h5-11,13,23H,12H2,1-4H3. The SMILES string of the molecule is Cc1cc(C(C)(C)C)ccc1Nc1csc2c1Cc1ccccc1-2. The van der Waals surface area contributed by atoms with Crippen molar-refractivity contribution >= 4 is 22.7 Å². The van der Waals surface area contributed by atoms with Crippen molar-refractivity contribution in [2.24, 2.45) is 0 Å². The molecule has 1 heterocycles. The van der Waals surface area contributed by atoms with E-state index in [1.54, 1.807) is 0 Å². The molecule has 1 aromatic heterocycles. The Hall–Kier alpha value is -2.06. The van der Waals surface area contributed by atoms with Gasteiger partial charge in [-0.3, -0.25) is 0 Å². The maximum absolute atomic E-state index is 3.68. The van der Waals surface area contributed by atoms with Gasteiger partial charge in [0.2, 0.25) is 0 Å². The molecule has 0 amide bonds. The minimum absolute atomic E-state index is 0.189. The van der Waals surface area contributed by atoms with Crippen LogP contribution in [0.2, 0.25) is 0 Å². The summed E-state index contributed by atoms with van der Waals surface area (Å²) in [5.74, 6) is 0. The van der Waals surface area contributed by atoms with E-state index in [4.69, 9.17) is 0 Å². The molecule has 0 unspecified atom stereocenters. The smallest absolute Gasteiger partial charge is 0.0535 e. The summed E-state index contributed by atoms with van der Waals surface area (Å²) in [6.45, 7) is 8.98. The highest BCUT2D eigenvalue weighted by molar-refractivity contribution is 7.14. The van der Waals surface area contributed by atoms with Crippen LogP contribution >= 0.6 is 11.3 Å². The van der Waals surface area contributed by atoms with Gasteiger partial charge in [-0.15, -0.1) is 11.3 Å². The summed E-state index contributed by atoms with van der Waals surface area (Å²) in [5.41, 5.74) is 9.64. The van der Waals surface area contributed by atoms with E-state index in [-0.39, 0.29) is 5.41 Å². The third-order valence-electron chi connectivity index (χ3n) is 4.88. The van der Waals surface area contributed by atoms with Crippen molar-refractivity contribution < 1.29 is 0 Å². The van der Waals surface area contributed by atoms with Crippen molar-refractivity contribution in [3.05, 3.63) is 70.1 Å². The van der Waals surface area contributed by atoms with Crippen LogP contribution < -0.4 is 5.32 Å². The summed E-state index contributed by atoms with van der Waals surface area (Å²) in [6.07, 6.45) is 1.04. The number of anilines is 2. The Morgan fingerprint density at radius 1 is 1.00 bits per heavy atom. The quantitative estimate of drug-likeness (QED) is 0.432. The molecule has 0 radical (unpaired) electrons. The zero-order valence-corrected chi connectivity index (χ0v) is 15.6. The second-order valence-corrected chi connectivity index (χ2v) is 8.58. The molecule has 1 aliphatic carbocycles. The molecule has 0 saturated carbocycles. The molecule has 2 heteroatoms. The normalized spacial score (nSPS) is 12.8. The van der Waals surface area contributed by atoms with Crippen LogP contribution in [-0.4, -0.2) is 0 Å². The van der Waals surface area contributed by atoms with Gasteiger partial charge in [-0.25, -0.2) is 0 Å². The first kappa shape index (κ1) is 15.5. The number of rotatable bonds is 2. The van der Waals surface area contributed by atoms with Crippen molar-refractivity contribution in [3.8, 4) is 10.4 Å². The van der Waals surface area contributed by atoms with E-state index in [2.05, 4.69) is 80.9 Å². The van der Waals surface area contributed by atoms with Gasteiger partial charge in [0.25, 0.3) is 0 Å². The molecule has 2 aromatic carbocycles. The van der Waals surface area contributed by atoms with Crippen molar-refractivity contribution in [3.63, 3.8) is 0 Å². The van der Waals surface area contributed by atoms with Gasteiger partial charge in [0.15, 0.2) is 0 Å². The molecule has 0 aliphatic heterocycles. The largest absolute Gasteiger partial charge is 0.354 e. The Morgan fingerprint density at radius 2 is 1.79 bits per heavy atom.